The molecule has 5 rings (SSSR count). The lowest BCUT2D eigenvalue weighted by molar-refractivity contribution is -0.132. The van der Waals surface area contributed by atoms with Crippen molar-refractivity contribution in [2.24, 2.45) is 5.92 Å². The summed E-state index contributed by atoms with van der Waals surface area (Å²) in [6.07, 6.45) is 0.119. The van der Waals surface area contributed by atoms with Crippen molar-refractivity contribution in [1.29, 1.82) is 0 Å². The van der Waals surface area contributed by atoms with Gasteiger partial charge in [0.2, 0.25) is 5.91 Å². The zero-order valence-corrected chi connectivity index (χ0v) is 27.8. The van der Waals surface area contributed by atoms with E-state index in [1.807, 2.05) is 12.1 Å². The number of carbonyl (C=O) groups excluding carboxylic acids is 2. The van der Waals surface area contributed by atoms with E-state index in [2.05, 4.69) is 41.5 Å². The molecule has 11 heteroatoms. The van der Waals surface area contributed by atoms with Crippen LogP contribution in [-0.2, 0) is 24.0 Å². The minimum atomic E-state index is -4.15. The molecule has 2 aromatic carbocycles. The molecule has 0 radical (unpaired) electrons. The summed E-state index contributed by atoms with van der Waals surface area (Å²) in [4.78, 5) is 27.8. The van der Waals surface area contributed by atoms with Gasteiger partial charge in [-0.2, -0.15) is 0 Å². The molecule has 2 heterocycles. The Labute approximate surface area is 256 Å². The lowest BCUT2D eigenvalue weighted by atomic mass is 9.81. The predicted molar refractivity (Wildman–Crippen MR) is 168 cm³/mol. The van der Waals surface area contributed by atoms with E-state index in [1.54, 1.807) is 24.3 Å². The van der Waals surface area contributed by atoms with Crippen molar-refractivity contribution < 1.29 is 31.9 Å². The zero-order chi connectivity index (χ0) is 31.3. The molecule has 0 unspecified atom stereocenters. The maximum Gasteiger partial charge on any atom is 0.416 e. The largest absolute Gasteiger partial charge is 0.545 e. The highest BCUT2D eigenvalue weighted by Gasteiger charge is 2.55. The highest BCUT2D eigenvalue weighted by atomic mass is 32.2. The molecular formula is C32H42N2O7SSi. The monoisotopic (exact) mass is 626 g/mol. The molecule has 43 heavy (non-hydrogen) atoms. The van der Waals surface area contributed by atoms with Crippen molar-refractivity contribution in [3.8, 4) is 5.75 Å². The van der Waals surface area contributed by atoms with E-state index in [0.717, 1.165) is 21.8 Å². The quantitative estimate of drug-likeness (QED) is 0.290. The van der Waals surface area contributed by atoms with Gasteiger partial charge in [-0.05, 0) is 53.4 Å². The van der Waals surface area contributed by atoms with Gasteiger partial charge in [0.15, 0.2) is 0 Å². The van der Waals surface area contributed by atoms with Crippen LogP contribution >= 0.6 is 0 Å². The number of anilines is 1. The standard InChI is InChI=1S/C32H42N2O7SSi/c1-20(2)43(21(3)4,22(5)6)41-28-17-16-26(31(35)33-18-19-40-32(33)36)30-29(28)25-10-8-9-11-27(25)34(30)42(37,38)24-14-12-23(39-7)13-15-24/h8-15,20-22,26,30H,16-19H2,1-7H3/t26-,30+/m1/s1. The number of hydrogen-bond acceptors (Lipinski definition) is 7. The Morgan fingerprint density at radius 1 is 0.977 bits per heavy atom. The van der Waals surface area contributed by atoms with Crippen LogP contribution in [0.4, 0.5) is 10.5 Å². The Kier molecular flexibility index (Phi) is 8.43. The normalized spacial score (nSPS) is 20.6. The van der Waals surface area contributed by atoms with E-state index in [1.165, 1.54) is 23.5 Å². The van der Waals surface area contributed by atoms with Gasteiger partial charge in [0.05, 0.1) is 42.0 Å². The third kappa shape index (κ3) is 5.04. The molecule has 232 valence electrons. The molecule has 1 saturated heterocycles. The molecule has 2 amide bonds. The van der Waals surface area contributed by atoms with Crippen molar-refractivity contribution in [2.75, 3.05) is 24.6 Å². The first kappa shape index (κ1) is 31.1. The Hall–Kier alpha value is -3.31. The van der Waals surface area contributed by atoms with Crippen LogP contribution in [0.15, 0.2) is 59.2 Å². The van der Waals surface area contributed by atoms with Crippen molar-refractivity contribution in [3.05, 3.63) is 59.9 Å². The number of methoxy groups -OCH3 is 1. The summed E-state index contributed by atoms with van der Waals surface area (Å²) in [5, 5.41) is 0. The fourth-order valence-corrected chi connectivity index (χ4v) is 14.5. The van der Waals surface area contributed by atoms with Gasteiger partial charge < -0.3 is 13.9 Å². The molecule has 1 aliphatic carbocycles. The van der Waals surface area contributed by atoms with E-state index in [4.69, 9.17) is 13.9 Å². The smallest absolute Gasteiger partial charge is 0.416 e. The maximum atomic E-state index is 14.5. The number of para-hydroxylation sites is 1. The van der Waals surface area contributed by atoms with Crippen LogP contribution in [0.3, 0.4) is 0 Å². The average Bonchev–Trinajstić information content (AvgIpc) is 3.56. The number of cyclic esters (lactones) is 1. The maximum absolute atomic E-state index is 14.5. The SMILES string of the molecule is COc1ccc(S(=O)(=O)N2c3ccccc3C3=C(O[Si](C(C)C)(C(C)C)C(C)C)CC[C@@H](C(=O)N4CCOC4=O)[C@@H]32)cc1. The van der Waals surface area contributed by atoms with Gasteiger partial charge >= 0.3 is 6.09 Å². The summed E-state index contributed by atoms with van der Waals surface area (Å²) >= 11 is 0. The number of allylic oxidation sites excluding steroid dienone is 1. The third-order valence-corrected chi connectivity index (χ3v) is 17.1. The highest BCUT2D eigenvalue weighted by Crippen LogP contribution is 2.54. The number of nitrogens with zero attached hydrogens (tertiary/aromatic N) is 2. The second-order valence-corrected chi connectivity index (χ2v) is 19.6. The van der Waals surface area contributed by atoms with Gasteiger partial charge in [0.25, 0.3) is 18.3 Å². The molecule has 0 bridgehead atoms. The van der Waals surface area contributed by atoms with Gasteiger partial charge in [-0.3, -0.25) is 9.10 Å². The fraction of sp³-hybridized carbons (Fsp3) is 0.500. The van der Waals surface area contributed by atoms with E-state index >= 15 is 0 Å². The van der Waals surface area contributed by atoms with Crippen LogP contribution in [0.25, 0.3) is 5.57 Å². The van der Waals surface area contributed by atoms with Crippen LogP contribution in [-0.4, -0.2) is 59.9 Å². The predicted octanol–water partition coefficient (Wildman–Crippen LogP) is 6.56. The first-order valence-corrected chi connectivity index (χ1v) is 18.6. The Morgan fingerprint density at radius 2 is 1.60 bits per heavy atom. The average molecular weight is 627 g/mol. The Balaban J connectivity index is 1.73. The van der Waals surface area contributed by atoms with Gasteiger partial charge in [-0.15, -0.1) is 0 Å². The highest BCUT2D eigenvalue weighted by molar-refractivity contribution is 7.93. The minimum absolute atomic E-state index is 0.0828. The number of sulfonamides is 1. The van der Waals surface area contributed by atoms with Crippen molar-refractivity contribution >= 4 is 41.6 Å². The van der Waals surface area contributed by atoms with Crippen LogP contribution < -0.4 is 9.04 Å². The first-order chi connectivity index (χ1) is 20.4. The molecule has 0 N–H and O–H groups in total. The molecule has 1 fully saturated rings. The fourth-order valence-electron chi connectivity index (χ4n) is 7.44. The van der Waals surface area contributed by atoms with E-state index in [-0.39, 0.29) is 18.0 Å². The molecule has 2 aromatic rings. The summed E-state index contributed by atoms with van der Waals surface area (Å²) in [5.74, 6) is 0.0712. The van der Waals surface area contributed by atoms with Gasteiger partial charge in [0, 0.05) is 17.6 Å². The molecule has 2 aliphatic heterocycles. The summed E-state index contributed by atoms with van der Waals surface area (Å²) in [7, 11) is -5.07. The third-order valence-electron chi connectivity index (χ3n) is 9.31. The number of rotatable bonds is 9. The summed E-state index contributed by atoms with van der Waals surface area (Å²) in [5.41, 5.74) is 2.86. The number of fused-ring (bicyclic) bond motifs is 3. The number of ether oxygens (including phenoxy) is 2. The Bertz CT molecular complexity index is 1510. The van der Waals surface area contributed by atoms with Crippen molar-refractivity contribution in [3.63, 3.8) is 0 Å². The van der Waals surface area contributed by atoms with Crippen LogP contribution in [0.2, 0.25) is 16.6 Å². The summed E-state index contributed by atoms with van der Waals surface area (Å²) in [6, 6.07) is 12.7. The molecule has 0 spiro atoms. The molecule has 0 aromatic heterocycles. The first-order valence-electron chi connectivity index (χ1n) is 15.0. The van der Waals surface area contributed by atoms with Gasteiger partial charge in [-0.25, -0.2) is 18.1 Å². The van der Waals surface area contributed by atoms with E-state index in [0.29, 0.717) is 40.9 Å². The minimum Gasteiger partial charge on any atom is -0.545 e. The second-order valence-electron chi connectivity index (χ2n) is 12.4. The van der Waals surface area contributed by atoms with Crippen molar-refractivity contribution in [1.82, 2.24) is 4.90 Å². The van der Waals surface area contributed by atoms with E-state index in [9.17, 15) is 18.0 Å². The lowest BCUT2D eigenvalue weighted by Crippen LogP contribution is -2.52. The number of carbonyl (C=O) groups is 2. The number of benzene rings is 2. The molecular weight excluding hydrogens is 585 g/mol. The topological polar surface area (TPSA) is 102 Å². The number of imide groups is 1. The number of hydrogen-bond donors (Lipinski definition) is 0. The van der Waals surface area contributed by atoms with Gasteiger partial charge in [-0.1, -0.05) is 59.7 Å². The van der Waals surface area contributed by atoms with Crippen LogP contribution in [0.1, 0.15) is 59.9 Å². The molecule has 3 aliphatic rings. The lowest BCUT2D eigenvalue weighted by Gasteiger charge is -2.45. The van der Waals surface area contributed by atoms with Crippen LogP contribution in [0, 0.1) is 5.92 Å². The summed E-state index contributed by atoms with van der Waals surface area (Å²) in [6.45, 7) is 13.6. The molecule has 2 atom stereocenters. The number of amides is 2. The zero-order valence-electron chi connectivity index (χ0n) is 26.0. The summed E-state index contributed by atoms with van der Waals surface area (Å²) < 4.78 is 48.1. The van der Waals surface area contributed by atoms with E-state index < -0.39 is 42.3 Å². The van der Waals surface area contributed by atoms with Crippen LogP contribution in [0.5, 0.6) is 5.75 Å². The molecule has 9 nitrogen and oxygen atoms in total. The molecule has 0 saturated carbocycles. The van der Waals surface area contributed by atoms with Crippen molar-refractivity contribution in [2.45, 2.75) is 81.9 Å². The second kappa shape index (κ2) is 11.6. The Morgan fingerprint density at radius 3 is 2.16 bits per heavy atom. The van der Waals surface area contributed by atoms with Gasteiger partial charge in [0.1, 0.15) is 12.4 Å².